The third kappa shape index (κ3) is 5.00. The summed E-state index contributed by atoms with van der Waals surface area (Å²) in [7, 11) is 0. The maximum atomic E-state index is 9.95. The van der Waals surface area contributed by atoms with Gasteiger partial charge in [-0.2, -0.15) is 9.97 Å². The largest absolute Gasteiger partial charge is 0.456 e. The molecule has 0 saturated heterocycles. The molecule has 0 N–H and O–H groups in total. The van der Waals surface area contributed by atoms with Crippen molar-refractivity contribution in [2.75, 3.05) is 0 Å². The molecular weight excluding hydrogens is 787 g/mol. The van der Waals surface area contributed by atoms with Crippen molar-refractivity contribution in [3.05, 3.63) is 200 Å². The average molecular weight is 830 g/mol. The fourth-order valence-corrected chi connectivity index (χ4v) is 9.29. The minimum atomic E-state index is -0.577. The van der Waals surface area contributed by atoms with Gasteiger partial charge in [-0.1, -0.05) is 158 Å². The summed E-state index contributed by atoms with van der Waals surface area (Å²) in [6.45, 7) is 0. The first-order valence-electron chi connectivity index (χ1n) is 25.6. The van der Waals surface area contributed by atoms with Crippen LogP contribution in [0.4, 0.5) is 0 Å². The Morgan fingerprint density at radius 3 is 1.75 bits per heavy atom. The molecule has 14 rings (SSSR count). The summed E-state index contributed by atoms with van der Waals surface area (Å²) >= 11 is 0. The van der Waals surface area contributed by atoms with E-state index in [1.807, 2.05) is 140 Å². The minimum absolute atomic E-state index is 0.0328. The Morgan fingerprint density at radius 1 is 0.406 bits per heavy atom. The van der Waals surface area contributed by atoms with Crippen LogP contribution < -0.4 is 0 Å². The van der Waals surface area contributed by atoms with Gasteiger partial charge in [0.25, 0.3) is 0 Å². The molecule has 0 saturated carbocycles. The van der Waals surface area contributed by atoms with Gasteiger partial charge in [-0.05, 0) is 53.5 Å². The van der Waals surface area contributed by atoms with Gasteiger partial charge in [0, 0.05) is 54.2 Å². The monoisotopic (exact) mass is 829 g/mol. The van der Waals surface area contributed by atoms with Crippen molar-refractivity contribution in [2.45, 2.75) is 0 Å². The average Bonchev–Trinajstić information content (AvgIpc) is 4.24. The molecule has 0 bridgehead atoms. The molecule has 5 heterocycles. The molecule has 14 aromatic rings. The number of benzene rings is 9. The third-order valence-corrected chi connectivity index (χ3v) is 12.0. The number of fused-ring (bicyclic) bond motifs is 13. The molecule has 7 nitrogen and oxygen atoms in total. The van der Waals surface area contributed by atoms with Crippen LogP contribution in [0.15, 0.2) is 209 Å². The van der Waals surface area contributed by atoms with Gasteiger partial charge in [-0.25, -0.2) is 4.98 Å². The van der Waals surface area contributed by atoms with Crippen molar-refractivity contribution in [1.82, 2.24) is 24.1 Å². The van der Waals surface area contributed by atoms with E-state index in [1.165, 1.54) is 4.57 Å². The molecule has 7 heteroatoms. The van der Waals surface area contributed by atoms with Crippen LogP contribution in [0.1, 0.15) is 13.7 Å². The minimum Gasteiger partial charge on any atom is -0.456 e. The van der Waals surface area contributed by atoms with Gasteiger partial charge in [-0.3, -0.25) is 4.57 Å². The lowest BCUT2D eigenvalue weighted by Gasteiger charge is -2.14. The summed E-state index contributed by atoms with van der Waals surface area (Å²) in [5, 5.41) is 2.72. The Bertz CT molecular complexity index is 4800. The molecule has 0 atom stereocenters. The van der Waals surface area contributed by atoms with Crippen LogP contribution in [0, 0.1) is 0 Å². The van der Waals surface area contributed by atoms with Gasteiger partial charge in [0.1, 0.15) is 16.7 Å². The number of hydrogen-bond acceptors (Lipinski definition) is 5. The third-order valence-electron chi connectivity index (χ3n) is 12.0. The van der Waals surface area contributed by atoms with Crippen molar-refractivity contribution in [2.24, 2.45) is 0 Å². The number of furan rings is 2. The molecule has 9 aromatic carbocycles. The lowest BCUT2D eigenvalue weighted by molar-refractivity contribution is 0.666. The zero-order chi connectivity index (χ0) is 50.6. The molecule has 0 aliphatic heterocycles. The van der Waals surface area contributed by atoms with Crippen LogP contribution in [0.5, 0.6) is 0 Å². The van der Waals surface area contributed by atoms with E-state index in [9.17, 15) is 8.22 Å². The van der Waals surface area contributed by atoms with E-state index < -0.39 is 60.4 Å². The molecule has 298 valence electrons. The highest BCUT2D eigenvalue weighted by Gasteiger charge is 2.26. The Morgan fingerprint density at radius 2 is 1.00 bits per heavy atom. The van der Waals surface area contributed by atoms with Gasteiger partial charge >= 0.3 is 0 Å². The van der Waals surface area contributed by atoms with Crippen LogP contribution in [-0.2, 0) is 0 Å². The van der Waals surface area contributed by atoms with E-state index in [-0.39, 0.29) is 61.2 Å². The molecule has 5 aromatic heterocycles. The summed E-state index contributed by atoms with van der Waals surface area (Å²) in [5.74, 6) is 0.261. The van der Waals surface area contributed by atoms with Gasteiger partial charge < -0.3 is 13.4 Å². The number of aromatic nitrogens is 5. The maximum absolute atomic E-state index is 9.95. The summed E-state index contributed by atoms with van der Waals surface area (Å²) in [6.07, 6.45) is 0. The fraction of sp³-hybridized carbons (Fsp3) is 0. The van der Waals surface area contributed by atoms with E-state index >= 15 is 0 Å². The normalized spacial score (nSPS) is 14.2. The van der Waals surface area contributed by atoms with Crippen LogP contribution in [0.2, 0.25) is 0 Å². The Hall–Kier alpha value is -8.81. The van der Waals surface area contributed by atoms with Crippen molar-refractivity contribution >= 4 is 87.5 Å². The first-order chi connectivity index (χ1) is 35.9. The fourth-order valence-electron chi connectivity index (χ4n) is 9.29. The smallest absolute Gasteiger partial charge is 0.238 e. The predicted molar refractivity (Wildman–Crippen MR) is 259 cm³/mol. The van der Waals surface area contributed by atoms with Crippen LogP contribution in [0.3, 0.4) is 0 Å². The van der Waals surface area contributed by atoms with Gasteiger partial charge in [0.2, 0.25) is 5.95 Å². The van der Waals surface area contributed by atoms with Crippen molar-refractivity contribution < 1.29 is 22.5 Å². The van der Waals surface area contributed by atoms with E-state index in [0.717, 1.165) is 27.3 Å². The summed E-state index contributed by atoms with van der Waals surface area (Å²) in [5.41, 5.74) is 5.09. The first-order valence-corrected chi connectivity index (χ1v) is 20.6. The number of para-hydroxylation sites is 4. The predicted octanol–water partition coefficient (Wildman–Crippen LogP) is 14.9. The molecule has 0 spiro atoms. The molecule has 0 radical (unpaired) electrons. The summed E-state index contributed by atoms with van der Waals surface area (Å²) in [6, 6.07) is 38.3. The molecule has 0 amide bonds. The lowest BCUT2D eigenvalue weighted by atomic mass is 10.0. The topological polar surface area (TPSA) is 74.8 Å². The number of hydrogen-bond donors (Lipinski definition) is 0. The van der Waals surface area contributed by atoms with Crippen molar-refractivity contribution in [1.29, 1.82) is 0 Å². The highest BCUT2D eigenvalue weighted by atomic mass is 16.3. The molecule has 0 aliphatic rings. The van der Waals surface area contributed by atoms with Crippen molar-refractivity contribution in [3.63, 3.8) is 0 Å². The highest BCUT2D eigenvalue weighted by molar-refractivity contribution is 6.24. The quantitative estimate of drug-likeness (QED) is 0.173. The second-order valence-electron chi connectivity index (χ2n) is 15.6. The molecule has 0 fully saturated rings. The maximum Gasteiger partial charge on any atom is 0.238 e. The zero-order valence-corrected chi connectivity index (χ0v) is 33.3. The number of nitrogens with zero attached hydrogens (tertiary/aromatic N) is 5. The van der Waals surface area contributed by atoms with Crippen LogP contribution >= 0.6 is 0 Å². The molecule has 0 aliphatic carbocycles. The van der Waals surface area contributed by atoms with E-state index in [2.05, 4.69) is 0 Å². The van der Waals surface area contributed by atoms with E-state index in [1.54, 1.807) is 4.57 Å². The Labute approximate surface area is 378 Å². The molecule has 64 heavy (non-hydrogen) atoms. The Balaban J connectivity index is 1.26. The van der Waals surface area contributed by atoms with Gasteiger partial charge in [0.05, 0.1) is 41.5 Å². The first kappa shape index (κ1) is 26.5. The second kappa shape index (κ2) is 13.3. The van der Waals surface area contributed by atoms with E-state index in [0.29, 0.717) is 44.5 Å². The van der Waals surface area contributed by atoms with Crippen molar-refractivity contribution in [3.8, 4) is 45.5 Å². The number of rotatable bonds is 5. The van der Waals surface area contributed by atoms with Gasteiger partial charge in [-0.15, -0.1) is 0 Å². The summed E-state index contributed by atoms with van der Waals surface area (Å²) in [4.78, 5) is 15.4. The molecule has 0 unspecified atom stereocenters. The standard InChI is InChI=1S/C57H33N5O2/c1-3-16-34(17-4-1)36-32-44-39-22-9-13-27-48(39)64-54(44)47(33-36)61-45-25-11-7-20-37(45)40-30-31-41-38-21-8-12-26-46(38)62(53(41)52(40)61)57-59-55(35-18-5-2-6-19-35)58-56(60-57)43-24-15-29-50-51(43)42-23-10-14-28-49(42)63-50/h1-33H/i7D,8D,11D,12D,20D,21D,25D,26D,30D,31D. The van der Waals surface area contributed by atoms with Crippen LogP contribution in [0.25, 0.3) is 133 Å². The lowest BCUT2D eigenvalue weighted by Crippen LogP contribution is -2.07. The van der Waals surface area contributed by atoms with Crippen LogP contribution in [-0.4, -0.2) is 24.1 Å². The van der Waals surface area contributed by atoms with E-state index in [4.69, 9.17) is 29.3 Å². The SMILES string of the molecule is [2H]c1c([2H])c([2H])c2c(c1[2H])c1c([2H])c([2H])c3c4c([2H])c([2H])c([2H])c([2H])c4n(-c4cc(-c5ccccc5)cc5c4oc4ccccc45)c3c1n2-c1nc(-c2ccccc2)nc(-c2cccc3oc4ccccc4c23)n1. The Kier molecular flexibility index (Phi) is 5.53. The van der Waals surface area contributed by atoms with Gasteiger partial charge in [0.15, 0.2) is 17.2 Å². The zero-order valence-electron chi connectivity index (χ0n) is 43.3. The molecular formula is C57H33N5O2. The highest BCUT2D eigenvalue weighted by Crippen LogP contribution is 2.45. The summed E-state index contributed by atoms with van der Waals surface area (Å²) < 4.78 is 111. The second-order valence-corrected chi connectivity index (χ2v) is 15.6.